The van der Waals surface area contributed by atoms with E-state index in [1.54, 1.807) is 30.3 Å². The third-order valence-corrected chi connectivity index (χ3v) is 2.51. The summed E-state index contributed by atoms with van der Waals surface area (Å²) >= 11 is 0. The average molecular weight is 273 g/mol. The van der Waals surface area contributed by atoms with Crippen LogP contribution in [0.1, 0.15) is 23.7 Å². The van der Waals surface area contributed by atoms with Gasteiger partial charge < -0.3 is 14.6 Å². The second kappa shape index (κ2) is 6.56. The first-order valence-corrected chi connectivity index (χ1v) is 6.29. The number of carboxylic acids is 1. The van der Waals surface area contributed by atoms with Gasteiger partial charge in [0.15, 0.2) is 0 Å². The van der Waals surface area contributed by atoms with Crippen LogP contribution in [-0.2, 0) is 0 Å². The molecule has 0 saturated heterocycles. The van der Waals surface area contributed by atoms with E-state index in [4.69, 9.17) is 14.6 Å². The summed E-state index contributed by atoms with van der Waals surface area (Å²) in [6.45, 7) is 2.69. The van der Waals surface area contributed by atoms with Gasteiger partial charge in [0.25, 0.3) is 0 Å². The highest BCUT2D eigenvalue weighted by Crippen LogP contribution is 2.25. The molecule has 1 heterocycles. The molecule has 1 aromatic heterocycles. The Morgan fingerprint density at radius 3 is 2.55 bits per heavy atom. The summed E-state index contributed by atoms with van der Waals surface area (Å²) in [6.07, 6.45) is 2.43. The fraction of sp³-hybridized carbons (Fsp3) is 0.200. The number of benzene rings is 1. The molecule has 5 nitrogen and oxygen atoms in total. The molecule has 1 aromatic carbocycles. The Morgan fingerprint density at radius 2 is 1.90 bits per heavy atom. The summed E-state index contributed by atoms with van der Waals surface area (Å²) in [7, 11) is 0. The van der Waals surface area contributed by atoms with Crippen LogP contribution in [0.25, 0.3) is 0 Å². The van der Waals surface area contributed by atoms with Crippen LogP contribution in [0.4, 0.5) is 0 Å². The van der Waals surface area contributed by atoms with E-state index in [0.717, 1.165) is 12.2 Å². The summed E-state index contributed by atoms with van der Waals surface area (Å²) in [5.41, 5.74) is 0.0267. The van der Waals surface area contributed by atoms with Crippen molar-refractivity contribution >= 4 is 5.97 Å². The second-order valence-corrected chi connectivity index (χ2v) is 4.08. The first kappa shape index (κ1) is 13.9. The number of nitrogens with zero attached hydrogens (tertiary/aromatic N) is 1. The smallest absolute Gasteiger partial charge is 0.341 e. The number of rotatable bonds is 6. The van der Waals surface area contributed by atoms with Crippen LogP contribution in [0.15, 0.2) is 42.6 Å². The molecule has 0 spiro atoms. The monoisotopic (exact) mass is 273 g/mol. The molecule has 0 saturated carbocycles. The number of hydrogen-bond acceptors (Lipinski definition) is 4. The Bertz CT molecular complexity index is 581. The van der Waals surface area contributed by atoms with Gasteiger partial charge in [-0.15, -0.1) is 0 Å². The SMILES string of the molecule is CCCOc1ccc(Oc2ncccc2C(=O)O)cc1. The maximum absolute atomic E-state index is 11.0. The zero-order chi connectivity index (χ0) is 14.4. The average Bonchev–Trinajstić information content (AvgIpc) is 2.47. The lowest BCUT2D eigenvalue weighted by Crippen LogP contribution is -2.01. The van der Waals surface area contributed by atoms with Crippen LogP contribution < -0.4 is 9.47 Å². The largest absolute Gasteiger partial charge is 0.494 e. The fourth-order valence-corrected chi connectivity index (χ4v) is 1.57. The standard InChI is InChI=1S/C15H15NO4/c1-2-10-19-11-5-7-12(8-6-11)20-14-13(15(17)18)4-3-9-16-14/h3-9H,2,10H2,1H3,(H,17,18). The molecule has 2 rings (SSSR count). The second-order valence-electron chi connectivity index (χ2n) is 4.08. The van der Waals surface area contributed by atoms with Crippen molar-refractivity contribution in [2.75, 3.05) is 6.61 Å². The number of hydrogen-bond donors (Lipinski definition) is 1. The van der Waals surface area contributed by atoms with Crippen molar-refractivity contribution in [2.45, 2.75) is 13.3 Å². The van der Waals surface area contributed by atoms with E-state index in [1.807, 2.05) is 6.92 Å². The lowest BCUT2D eigenvalue weighted by atomic mass is 10.2. The molecule has 0 aliphatic rings. The number of aromatic carboxylic acids is 1. The Kier molecular flexibility index (Phi) is 4.55. The Hall–Kier alpha value is -2.56. The van der Waals surface area contributed by atoms with Crippen LogP contribution in [0, 0.1) is 0 Å². The molecule has 0 atom stereocenters. The number of aromatic nitrogens is 1. The molecule has 2 aromatic rings. The van der Waals surface area contributed by atoms with Crippen LogP contribution >= 0.6 is 0 Å². The van der Waals surface area contributed by atoms with Crippen LogP contribution in [0.5, 0.6) is 17.4 Å². The molecule has 5 heteroatoms. The number of pyridine rings is 1. The van der Waals surface area contributed by atoms with Crippen molar-refractivity contribution in [2.24, 2.45) is 0 Å². The van der Waals surface area contributed by atoms with E-state index in [-0.39, 0.29) is 11.4 Å². The summed E-state index contributed by atoms with van der Waals surface area (Å²) in [5.74, 6) is 0.256. The normalized spacial score (nSPS) is 10.1. The van der Waals surface area contributed by atoms with Crippen molar-refractivity contribution in [1.29, 1.82) is 0 Å². The van der Waals surface area contributed by atoms with Gasteiger partial charge in [-0.05, 0) is 42.8 Å². The molecule has 0 radical (unpaired) electrons. The number of ether oxygens (including phenoxy) is 2. The van der Waals surface area contributed by atoms with Gasteiger partial charge in [-0.1, -0.05) is 6.92 Å². The third kappa shape index (κ3) is 3.47. The predicted octanol–water partition coefficient (Wildman–Crippen LogP) is 3.36. The van der Waals surface area contributed by atoms with E-state index in [1.165, 1.54) is 12.3 Å². The van der Waals surface area contributed by atoms with Gasteiger partial charge in [-0.3, -0.25) is 0 Å². The fourth-order valence-electron chi connectivity index (χ4n) is 1.57. The summed E-state index contributed by atoms with van der Waals surface area (Å²) in [4.78, 5) is 15.0. The zero-order valence-electron chi connectivity index (χ0n) is 11.1. The topological polar surface area (TPSA) is 68.7 Å². The lowest BCUT2D eigenvalue weighted by Gasteiger charge is -2.08. The summed E-state index contributed by atoms with van der Waals surface area (Å²) < 4.78 is 10.9. The highest BCUT2D eigenvalue weighted by Gasteiger charge is 2.12. The van der Waals surface area contributed by atoms with Gasteiger partial charge in [-0.2, -0.15) is 0 Å². The first-order valence-electron chi connectivity index (χ1n) is 6.29. The van der Waals surface area contributed by atoms with Crippen molar-refractivity contribution in [1.82, 2.24) is 4.98 Å². The first-order chi connectivity index (χ1) is 9.70. The highest BCUT2D eigenvalue weighted by molar-refractivity contribution is 5.90. The molecule has 104 valence electrons. The Labute approximate surface area is 116 Å². The van der Waals surface area contributed by atoms with Gasteiger partial charge >= 0.3 is 5.97 Å². The van der Waals surface area contributed by atoms with Gasteiger partial charge in [-0.25, -0.2) is 9.78 Å². The van der Waals surface area contributed by atoms with Gasteiger partial charge in [0.1, 0.15) is 17.1 Å². The Balaban J connectivity index is 2.12. The molecule has 0 bridgehead atoms. The predicted molar refractivity (Wildman–Crippen MR) is 73.5 cm³/mol. The minimum absolute atomic E-state index is 0.0267. The van der Waals surface area contributed by atoms with E-state index in [9.17, 15) is 4.79 Å². The van der Waals surface area contributed by atoms with E-state index >= 15 is 0 Å². The minimum Gasteiger partial charge on any atom is -0.494 e. The summed E-state index contributed by atoms with van der Waals surface area (Å²) in [6, 6.07) is 9.97. The van der Waals surface area contributed by atoms with E-state index in [0.29, 0.717) is 12.4 Å². The highest BCUT2D eigenvalue weighted by atomic mass is 16.5. The molecular weight excluding hydrogens is 258 g/mol. The van der Waals surface area contributed by atoms with Crippen molar-refractivity contribution < 1.29 is 19.4 Å². The summed E-state index contributed by atoms with van der Waals surface area (Å²) in [5, 5.41) is 9.04. The molecule has 0 unspecified atom stereocenters. The number of carbonyl (C=O) groups is 1. The molecule has 0 fully saturated rings. The zero-order valence-corrected chi connectivity index (χ0v) is 11.1. The van der Waals surface area contributed by atoms with Gasteiger partial charge in [0.05, 0.1) is 6.61 Å². The van der Waals surface area contributed by atoms with E-state index in [2.05, 4.69) is 4.98 Å². The molecule has 20 heavy (non-hydrogen) atoms. The quantitative estimate of drug-likeness (QED) is 0.874. The molecule has 0 aliphatic carbocycles. The van der Waals surface area contributed by atoms with Gasteiger partial charge in [0, 0.05) is 6.20 Å². The maximum Gasteiger partial charge on any atom is 0.341 e. The maximum atomic E-state index is 11.0. The van der Waals surface area contributed by atoms with Crippen LogP contribution in [-0.4, -0.2) is 22.7 Å². The number of carboxylic acid groups (broad SMARTS) is 1. The molecular formula is C15H15NO4. The third-order valence-electron chi connectivity index (χ3n) is 2.51. The lowest BCUT2D eigenvalue weighted by molar-refractivity contribution is 0.0693. The Morgan fingerprint density at radius 1 is 1.20 bits per heavy atom. The van der Waals surface area contributed by atoms with Crippen molar-refractivity contribution in [3.63, 3.8) is 0 Å². The van der Waals surface area contributed by atoms with Crippen LogP contribution in [0.2, 0.25) is 0 Å². The molecule has 0 amide bonds. The van der Waals surface area contributed by atoms with Gasteiger partial charge in [0.2, 0.25) is 5.88 Å². The van der Waals surface area contributed by atoms with Crippen LogP contribution in [0.3, 0.4) is 0 Å². The minimum atomic E-state index is -1.07. The van der Waals surface area contributed by atoms with Crippen molar-refractivity contribution in [3.05, 3.63) is 48.2 Å². The van der Waals surface area contributed by atoms with Crippen molar-refractivity contribution in [3.8, 4) is 17.4 Å². The van der Waals surface area contributed by atoms with E-state index < -0.39 is 5.97 Å². The molecule has 0 aliphatic heterocycles. The molecule has 1 N–H and O–H groups in total.